The van der Waals surface area contributed by atoms with Gasteiger partial charge in [0.2, 0.25) is 0 Å². The summed E-state index contributed by atoms with van der Waals surface area (Å²) in [7, 11) is 0. The number of anilines is 1. The van der Waals surface area contributed by atoms with Crippen molar-refractivity contribution in [1.29, 1.82) is 0 Å². The van der Waals surface area contributed by atoms with E-state index in [-0.39, 0.29) is 22.7 Å². The van der Waals surface area contributed by atoms with Gasteiger partial charge in [-0.1, -0.05) is 12.1 Å². The van der Waals surface area contributed by atoms with Crippen LogP contribution in [-0.2, 0) is 0 Å². The number of aromatic amines is 1. The third kappa shape index (κ3) is 1.67. The Morgan fingerprint density at radius 1 is 1.50 bits per heavy atom. The third-order valence-electron chi connectivity index (χ3n) is 2.35. The molecule has 0 unspecified atom stereocenters. The zero-order valence-electron chi connectivity index (χ0n) is 8.62. The minimum Gasteiger partial charge on any atom is -0.383 e. The van der Waals surface area contributed by atoms with Gasteiger partial charge in [-0.25, -0.2) is 4.39 Å². The fourth-order valence-corrected chi connectivity index (χ4v) is 1.37. The molecule has 0 saturated carbocycles. The number of hydrogen-bond donors (Lipinski definition) is 2. The molecule has 0 fully saturated rings. The number of halogens is 1. The molecule has 4 nitrogen and oxygen atoms in total. The van der Waals surface area contributed by atoms with Crippen molar-refractivity contribution in [3.8, 4) is 0 Å². The lowest BCUT2D eigenvalue weighted by Crippen LogP contribution is -2.04. The van der Waals surface area contributed by atoms with E-state index in [1.165, 1.54) is 12.3 Å². The quantitative estimate of drug-likeness (QED) is 0.754. The Morgan fingerprint density at radius 3 is 2.81 bits per heavy atom. The second kappa shape index (κ2) is 3.77. The smallest absolute Gasteiger partial charge is 0.198 e. The van der Waals surface area contributed by atoms with Gasteiger partial charge in [0.15, 0.2) is 5.78 Å². The highest BCUT2D eigenvalue weighted by Gasteiger charge is 2.14. The summed E-state index contributed by atoms with van der Waals surface area (Å²) >= 11 is 0. The standard InChI is InChI=1S/C11H10FN3O/c1-6-2-3-7(4-9(6)12)10(16)8-5-14-15-11(8)13/h2-5H,1H3,(H3,13,14,15). The molecule has 0 aliphatic rings. The average Bonchev–Trinajstić information content (AvgIpc) is 2.67. The molecule has 3 N–H and O–H groups in total. The Bertz CT molecular complexity index is 548. The highest BCUT2D eigenvalue weighted by molar-refractivity contribution is 6.11. The zero-order valence-corrected chi connectivity index (χ0v) is 8.62. The van der Waals surface area contributed by atoms with Crippen molar-refractivity contribution in [2.75, 3.05) is 5.73 Å². The monoisotopic (exact) mass is 219 g/mol. The molecule has 2 aromatic rings. The lowest BCUT2D eigenvalue weighted by atomic mass is 10.0. The van der Waals surface area contributed by atoms with E-state index in [2.05, 4.69) is 10.2 Å². The number of H-pyrrole nitrogens is 1. The van der Waals surface area contributed by atoms with Crippen LogP contribution in [0.25, 0.3) is 0 Å². The molecule has 5 heteroatoms. The molecule has 82 valence electrons. The van der Waals surface area contributed by atoms with Gasteiger partial charge in [-0.05, 0) is 18.6 Å². The number of benzene rings is 1. The largest absolute Gasteiger partial charge is 0.383 e. The molecule has 0 atom stereocenters. The summed E-state index contributed by atoms with van der Waals surface area (Å²) in [4.78, 5) is 11.9. The summed E-state index contributed by atoms with van der Waals surface area (Å²) in [6, 6.07) is 4.32. The van der Waals surface area contributed by atoms with Crippen molar-refractivity contribution < 1.29 is 9.18 Å². The topological polar surface area (TPSA) is 71.8 Å². The van der Waals surface area contributed by atoms with Crippen LogP contribution < -0.4 is 5.73 Å². The predicted molar refractivity (Wildman–Crippen MR) is 57.6 cm³/mol. The molecule has 1 aromatic heterocycles. The van der Waals surface area contributed by atoms with Crippen LogP contribution in [0.2, 0.25) is 0 Å². The maximum Gasteiger partial charge on any atom is 0.198 e. The maximum absolute atomic E-state index is 13.3. The van der Waals surface area contributed by atoms with Crippen molar-refractivity contribution in [2.24, 2.45) is 0 Å². The van der Waals surface area contributed by atoms with Crippen LogP contribution in [0.3, 0.4) is 0 Å². The number of aromatic nitrogens is 2. The predicted octanol–water partition coefficient (Wildman–Crippen LogP) is 1.67. The Morgan fingerprint density at radius 2 is 2.25 bits per heavy atom. The van der Waals surface area contributed by atoms with Gasteiger partial charge in [0.25, 0.3) is 0 Å². The second-order valence-electron chi connectivity index (χ2n) is 3.49. The van der Waals surface area contributed by atoms with Crippen molar-refractivity contribution in [2.45, 2.75) is 6.92 Å². The molecule has 0 aliphatic heterocycles. The number of aryl methyl sites for hydroxylation is 1. The molecule has 0 bridgehead atoms. The lowest BCUT2D eigenvalue weighted by molar-refractivity contribution is 0.103. The fourth-order valence-electron chi connectivity index (χ4n) is 1.37. The average molecular weight is 219 g/mol. The van der Waals surface area contributed by atoms with Gasteiger partial charge >= 0.3 is 0 Å². The molecule has 0 spiro atoms. The van der Waals surface area contributed by atoms with Gasteiger partial charge in [0.1, 0.15) is 11.6 Å². The summed E-state index contributed by atoms with van der Waals surface area (Å²) in [6.45, 7) is 1.63. The number of carbonyl (C=O) groups is 1. The first-order chi connectivity index (χ1) is 7.59. The molecule has 0 radical (unpaired) electrons. The summed E-state index contributed by atoms with van der Waals surface area (Å²) < 4.78 is 13.3. The molecule has 1 aromatic carbocycles. The summed E-state index contributed by atoms with van der Waals surface area (Å²) in [5.74, 6) is -0.566. The van der Waals surface area contributed by atoms with Crippen molar-refractivity contribution in [1.82, 2.24) is 10.2 Å². The van der Waals surface area contributed by atoms with Crippen LogP contribution in [0.4, 0.5) is 10.2 Å². The molecule has 0 aliphatic carbocycles. The van der Waals surface area contributed by atoms with Gasteiger partial charge in [-0.3, -0.25) is 9.89 Å². The Balaban J connectivity index is 2.42. The molecule has 2 rings (SSSR count). The number of carbonyl (C=O) groups excluding carboxylic acids is 1. The Labute approximate surface area is 91.3 Å². The minimum absolute atomic E-state index is 0.186. The van der Waals surface area contributed by atoms with E-state index in [0.717, 1.165) is 0 Å². The maximum atomic E-state index is 13.3. The van der Waals surface area contributed by atoms with Crippen LogP contribution in [0.5, 0.6) is 0 Å². The van der Waals surface area contributed by atoms with Crippen molar-refractivity contribution in [3.05, 3.63) is 46.9 Å². The zero-order chi connectivity index (χ0) is 11.7. The van der Waals surface area contributed by atoms with E-state index < -0.39 is 5.82 Å². The van der Waals surface area contributed by atoms with Crippen molar-refractivity contribution >= 4 is 11.6 Å². The van der Waals surface area contributed by atoms with Crippen LogP contribution in [-0.4, -0.2) is 16.0 Å². The van der Waals surface area contributed by atoms with E-state index in [0.29, 0.717) is 5.56 Å². The summed E-state index contributed by atoms with van der Waals surface area (Å²) in [5, 5.41) is 6.10. The molecule has 1 heterocycles. The van der Waals surface area contributed by atoms with E-state index in [1.807, 2.05) is 0 Å². The minimum atomic E-state index is -0.409. The van der Waals surface area contributed by atoms with E-state index in [4.69, 9.17) is 5.73 Å². The number of nitrogens with two attached hydrogens (primary N) is 1. The van der Waals surface area contributed by atoms with Crippen LogP contribution >= 0.6 is 0 Å². The highest BCUT2D eigenvalue weighted by Crippen LogP contribution is 2.16. The van der Waals surface area contributed by atoms with Gasteiger partial charge in [0.05, 0.1) is 11.8 Å². The molecule has 0 saturated heterocycles. The number of nitrogens with zero attached hydrogens (tertiary/aromatic N) is 1. The number of ketones is 1. The van der Waals surface area contributed by atoms with E-state index >= 15 is 0 Å². The van der Waals surface area contributed by atoms with Crippen LogP contribution in [0.15, 0.2) is 24.4 Å². The number of nitrogens with one attached hydrogen (secondary N) is 1. The number of rotatable bonds is 2. The molecule has 0 amide bonds. The van der Waals surface area contributed by atoms with Gasteiger partial charge < -0.3 is 5.73 Å². The first kappa shape index (κ1) is 10.4. The number of nitrogen functional groups attached to an aromatic ring is 1. The summed E-state index contributed by atoms with van der Waals surface area (Å²) in [6.07, 6.45) is 1.33. The molecular formula is C11H10FN3O. The van der Waals surface area contributed by atoms with Gasteiger partial charge in [-0.2, -0.15) is 5.10 Å². The summed E-state index contributed by atoms with van der Waals surface area (Å²) in [5.41, 5.74) is 6.52. The van der Waals surface area contributed by atoms with E-state index in [1.54, 1.807) is 19.1 Å². The van der Waals surface area contributed by atoms with Crippen LogP contribution in [0.1, 0.15) is 21.5 Å². The first-order valence-corrected chi connectivity index (χ1v) is 4.69. The van der Waals surface area contributed by atoms with E-state index in [9.17, 15) is 9.18 Å². The molecule has 16 heavy (non-hydrogen) atoms. The second-order valence-corrected chi connectivity index (χ2v) is 3.49. The third-order valence-corrected chi connectivity index (χ3v) is 2.35. The van der Waals surface area contributed by atoms with Crippen molar-refractivity contribution in [3.63, 3.8) is 0 Å². The van der Waals surface area contributed by atoms with Crippen LogP contribution in [0, 0.1) is 12.7 Å². The fraction of sp³-hybridized carbons (Fsp3) is 0.0909. The molecular weight excluding hydrogens is 209 g/mol. The Hall–Kier alpha value is -2.17. The highest BCUT2D eigenvalue weighted by atomic mass is 19.1. The SMILES string of the molecule is Cc1ccc(C(=O)c2cn[nH]c2N)cc1F. The van der Waals surface area contributed by atoms with Gasteiger partial charge in [-0.15, -0.1) is 0 Å². The number of hydrogen-bond acceptors (Lipinski definition) is 3. The van der Waals surface area contributed by atoms with Gasteiger partial charge in [0, 0.05) is 5.56 Å². The first-order valence-electron chi connectivity index (χ1n) is 4.69. The Kier molecular flexibility index (Phi) is 2.44. The lowest BCUT2D eigenvalue weighted by Gasteiger charge is -2.01. The normalized spacial score (nSPS) is 10.4.